The fraction of sp³-hybridized carbons (Fsp3) is 0. The second-order valence-corrected chi connectivity index (χ2v) is 18.4. The van der Waals surface area contributed by atoms with Gasteiger partial charge in [-0.15, -0.1) is 43.7 Å². The maximum absolute atomic E-state index is 2.51. The van der Waals surface area contributed by atoms with Gasteiger partial charge in [-0.2, -0.15) is 0 Å². The van der Waals surface area contributed by atoms with Crippen LogP contribution >= 0.6 is 0 Å². The molecule has 0 saturated carbocycles. The van der Waals surface area contributed by atoms with Gasteiger partial charge in [-0.25, -0.2) is 0 Å². The van der Waals surface area contributed by atoms with Gasteiger partial charge in [0.2, 0.25) is 0 Å². The molecular formula is C42H43B17. The zero-order chi connectivity index (χ0) is 42.4. The van der Waals surface area contributed by atoms with Gasteiger partial charge in [0.15, 0.2) is 0 Å². The Morgan fingerprint density at radius 2 is 0.525 bits per heavy atom. The number of rotatable bonds is 2. The summed E-state index contributed by atoms with van der Waals surface area (Å²) < 4.78 is 0. The quantitative estimate of drug-likeness (QED) is 0.0944. The minimum Gasteiger partial charge on any atom is -0.101 e. The van der Waals surface area contributed by atoms with Crippen molar-refractivity contribution in [1.82, 2.24) is 0 Å². The van der Waals surface area contributed by atoms with Crippen molar-refractivity contribution in [3.05, 3.63) is 54.6 Å². The first-order valence-electron chi connectivity index (χ1n) is 21.7. The first kappa shape index (κ1) is 40.1. The summed E-state index contributed by atoms with van der Waals surface area (Å²) >= 11 is 0. The van der Waals surface area contributed by atoms with Gasteiger partial charge in [0.05, 0.1) is 0 Å². The van der Waals surface area contributed by atoms with Crippen molar-refractivity contribution in [2.75, 3.05) is 0 Å². The summed E-state index contributed by atoms with van der Waals surface area (Å²) in [6.07, 6.45) is 0. The molecule has 9 aromatic rings. The molecule has 0 radical (unpaired) electrons. The number of hydrogen-bond acceptors (Lipinski definition) is 0. The van der Waals surface area contributed by atoms with Crippen LogP contribution in [0.1, 0.15) is 0 Å². The van der Waals surface area contributed by atoms with Crippen LogP contribution in [0.5, 0.6) is 0 Å². The third-order valence-electron chi connectivity index (χ3n) is 16.3. The van der Waals surface area contributed by atoms with E-state index in [0.717, 1.165) is 0 Å². The number of fused-ring (bicyclic) bond motifs is 8. The standard InChI is InChI=1S/C42H43B17/c43-26-19(22-23(32(49)40(57)39(56)31(22)48)24-25(26)34(51)42(59)41(58)33(24)50)16-20-17(27(44)35(52)37(54)29(20)46)15(18-21(16)30(47)38(55)36(53)28(18)45)14-9-10-5-1-2-6-11(10)12-7-3-4-8-13(12)14/h1-9H,43-59H2. The summed E-state index contributed by atoms with van der Waals surface area (Å²) in [6, 6.07) is 20.6. The molecular weight excluding hydrogens is 688 g/mol. The topological polar surface area (TPSA) is 0 Å². The minimum atomic E-state index is 1.29. The van der Waals surface area contributed by atoms with Gasteiger partial charge < -0.3 is 0 Å². The van der Waals surface area contributed by atoms with Crippen molar-refractivity contribution < 1.29 is 0 Å². The van der Waals surface area contributed by atoms with Crippen molar-refractivity contribution in [3.63, 3.8) is 0 Å². The molecule has 0 nitrogen and oxygen atoms in total. The Balaban J connectivity index is 1.71. The fourth-order valence-corrected chi connectivity index (χ4v) is 11.6. The smallest absolute Gasteiger partial charge is 0.101 e. The molecule has 0 spiro atoms. The van der Waals surface area contributed by atoms with Gasteiger partial charge in [0.25, 0.3) is 0 Å². The van der Waals surface area contributed by atoms with Crippen molar-refractivity contribution >= 4 is 291 Å². The zero-order valence-electron chi connectivity index (χ0n) is 38.7. The molecule has 9 rings (SSSR count). The van der Waals surface area contributed by atoms with Crippen LogP contribution in [0.25, 0.3) is 86.9 Å². The largest absolute Gasteiger partial charge is 0.140 e. The zero-order valence-corrected chi connectivity index (χ0v) is 38.7. The highest BCUT2D eigenvalue weighted by Crippen LogP contribution is 2.45. The SMILES string of the molecule is Bc1c(B)c(B)c2c(-c3c(B)c4c(B)c(B)c(B)c(B)c4c4c(B)c(B)c(B)c(B)c34)c3c(B)c(B)c(B)c(B)c3c(-c3cc4ccccc4c4ccccc34)c2c1B. The lowest BCUT2D eigenvalue weighted by Gasteiger charge is -2.32. The molecule has 17 heteroatoms. The van der Waals surface area contributed by atoms with Crippen molar-refractivity contribution in [3.8, 4) is 22.3 Å². The highest BCUT2D eigenvalue weighted by atomic mass is 14.3. The van der Waals surface area contributed by atoms with Crippen LogP contribution in [0.2, 0.25) is 0 Å². The predicted molar refractivity (Wildman–Crippen MR) is 321 cm³/mol. The molecule has 0 saturated heterocycles. The van der Waals surface area contributed by atoms with E-state index in [4.69, 9.17) is 0 Å². The van der Waals surface area contributed by atoms with Crippen molar-refractivity contribution in [2.24, 2.45) is 0 Å². The van der Waals surface area contributed by atoms with E-state index in [-0.39, 0.29) is 0 Å². The predicted octanol–water partition coefficient (Wildman–Crippen LogP) is -17.7. The van der Waals surface area contributed by atoms with E-state index in [9.17, 15) is 0 Å². The molecule has 0 heterocycles. The summed E-state index contributed by atoms with van der Waals surface area (Å²) in [5.74, 6) is 0. The lowest BCUT2D eigenvalue weighted by Crippen LogP contribution is -2.52. The molecule has 9 aromatic carbocycles. The molecule has 262 valence electrons. The van der Waals surface area contributed by atoms with Crippen LogP contribution in [-0.4, -0.2) is 133 Å². The van der Waals surface area contributed by atoms with Crippen LogP contribution in [0.4, 0.5) is 0 Å². The van der Waals surface area contributed by atoms with Gasteiger partial charge in [-0.05, 0) is 93.0 Å². The van der Waals surface area contributed by atoms with Crippen LogP contribution in [-0.2, 0) is 0 Å². The molecule has 0 unspecified atom stereocenters. The van der Waals surface area contributed by atoms with Crippen LogP contribution in [0.15, 0.2) is 54.6 Å². The Kier molecular flexibility index (Phi) is 9.40. The summed E-state index contributed by atoms with van der Waals surface area (Å²) in [5, 5.41) is 16.6. The molecule has 0 amide bonds. The third kappa shape index (κ3) is 5.21. The molecule has 0 atom stereocenters. The number of benzene rings is 9. The Hall–Kier alpha value is -4.36. The molecule has 0 aliphatic rings. The molecule has 0 N–H and O–H groups in total. The Morgan fingerprint density at radius 3 is 0.966 bits per heavy atom. The monoisotopic (exact) mass is 734 g/mol. The van der Waals surface area contributed by atoms with Gasteiger partial charge in [0.1, 0.15) is 133 Å². The van der Waals surface area contributed by atoms with Crippen molar-refractivity contribution in [2.45, 2.75) is 0 Å². The van der Waals surface area contributed by atoms with E-state index in [1.807, 2.05) is 0 Å². The molecule has 0 fully saturated rings. The lowest BCUT2D eigenvalue weighted by atomic mass is 9.56. The van der Waals surface area contributed by atoms with Crippen molar-refractivity contribution in [1.29, 1.82) is 0 Å². The van der Waals surface area contributed by atoms with E-state index >= 15 is 0 Å². The maximum atomic E-state index is 2.51. The minimum absolute atomic E-state index is 1.29. The average molecular weight is 732 g/mol. The van der Waals surface area contributed by atoms with E-state index < -0.39 is 0 Å². The Bertz CT molecular complexity index is 3380. The molecule has 0 bridgehead atoms. The van der Waals surface area contributed by atoms with E-state index in [2.05, 4.69) is 188 Å². The highest BCUT2D eigenvalue weighted by molar-refractivity contribution is 6.76. The van der Waals surface area contributed by atoms with Gasteiger partial charge in [-0.3, -0.25) is 0 Å². The second kappa shape index (κ2) is 13.8. The van der Waals surface area contributed by atoms with Crippen LogP contribution in [0, 0.1) is 0 Å². The molecule has 0 aliphatic heterocycles. The number of hydrogen-bond donors (Lipinski definition) is 0. The first-order valence-corrected chi connectivity index (χ1v) is 21.7. The van der Waals surface area contributed by atoms with Crippen LogP contribution < -0.4 is 92.9 Å². The van der Waals surface area contributed by atoms with E-state index in [0.29, 0.717) is 0 Å². The first-order chi connectivity index (χ1) is 27.9. The molecule has 0 aromatic heterocycles. The second-order valence-electron chi connectivity index (χ2n) is 18.4. The Labute approximate surface area is 365 Å². The highest BCUT2D eigenvalue weighted by Gasteiger charge is 2.30. The summed E-state index contributed by atoms with van der Waals surface area (Å²) in [7, 11) is 40.5. The van der Waals surface area contributed by atoms with Gasteiger partial charge in [-0.1, -0.05) is 97.7 Å². The van der Waals surface area contributed by atoms with Gasteiger partial charge >= 0.3 is 0 Å². The summed E-state index contributed by atoms with van der Waals surface area (Å²) in [6.45, 7) is 0. The van der Waals surface area contributed by atoms with Crippen LogP contribution in [0.3, 0.4) is 0 Å². The Morgan fingerprint density at radius 1 is 0.220 bits per heavy atom. The average Bonchev–Trinajstić information content (AvgIpc) is 3.24. The van der Waals surface area contributed by atoms with Gasteiger partial charge in [0, 0.05) is 0 Å². The fourth-order valence-electron chi connectivity index (χ4n) is 11.6. The normalized spacial score (nSPS) is 11.9. The molecule has 59 heavy (non-hydrogen) atoms. The summed E-state index contributed by atoms with van der Waals surface area (Å²) in [4.78, 5) is 0. The summed E-state index contributed by atoms with van der Waals surface area (Å²) in [5.41, 5.74) is 29.3. The third-order valence-corrected chi connectivity index (χ3v) is 16.3. The van der Waals surface area contributed by atoms with E-state index in [1.54, 1.807) is 0 Å². The van der Waals surface area contributed by atoms with E-state index in [1.165, 1.54) is 180 Å². The molecule has 0 aliphatic carbocycles. The maximum Gasteiger partial charge on any atom is 0.140 e. The lowest BCUT2D eigenvalue weighted by molar-refractivity contribution is 1.75.